The van der Waals surface area contributed by atoms with Crippen LogP contribution >= 0.6 is 0 Å². The van der Waals surface area contributed by atoms with Crippen LogP contribution in [0.2, 0.25) is 0 Å². The Morgan fingerprint density at radius 2 is 1.77 bits per heavy atom. The predicted molar refractivity (Wildman–Crippen MR) is 122 cm³/mol. The van der Waals surface area contributed by atoms with E-state index in [9.17, 15) is 4.79 Å². The Labute approximate surface area is 181 Å². The minimum atomic E-state index is 0.0758. The molecule has 5 nitrogen and oxygen atoms in total. The lowest BCUT2D eigenvalue weighted by Gasteiger charge is -2.29. The molecule has 0 unspecified atom stereocenters. The van der Waals surface area contributed by atoms with E-state index in [4.69, 9.17) is 9.72 Å². The fourth-order valence-corrected chi connectivity index (χ4v) is 4.21. The molecule has 0 fully saturated rings. The number of benzene rings is 3. The lowest BCUT2D eigenvalue weighted by atomic mass is 10.0. The Morgan fingerprint density at radius 3 is 2.65 bits per heavy atom. The molecule has 0 spiro atoms. The number of hydrogen-bond acceptors (Lipinski definition) is 3. The van der Waals surface area contributed by atoms with Crippen LogP contribution in [0.4, 0.5) is 5.69 Å². The van der Waals surface area contributed by atoms with Crippen molar-refractivity contribution in [3.8, 4) is 5.75 Å². The molecule has 2 heterocycles. The van der Waals surface area contributed by atoms with Gasteiger partial charge in [-0.25, -0.2) is 4.98 Å². The Kier molecular flexibility index (Phi) is 5.16. The molecule has 0 aliphatic carbocycles. The van der Waals surface area contributed by atoms with Gasteiger partial charge in [0.15, 0.2) is 0 Å². The summed E-state index contributed by atoms with van der Waals surface area (Å²) in [6.45, 7) is 3.34. The van der Waals surface area contributed by atoms with Crippen molar-refractivity contribution in [3.63, 3.8) is 0 Å². The Balaban J connectivity index is 1.43. The first kappa shape index (κ1) is 19.4. The molecule has 5 rings (SSSR count). The molecular formula is C26H25N3O2. The fourth-order valence-electron chi connectivity index (χ4n) is 4.21. The first-order valence-corrected chi connectivity index (χ1v) is 10.7. The average Bonchev–Trinajstić information content (AvgIpc) is 3.15. The minimum Gasteiger partial charge on any atom is -0.486 e. The summed E-state index contributed by atoms with van der Waals surface area (Å²) in [4.78, 5) is 20.0. The third-order valence-corrected chi connectivity index (χ3v) is 5.83. The summed E-state index contributed by atoms with van der Waals surface area (Å²) in [6.07, 6.45) is 2.00. The zero-order valence-electron chi connectivity index (χ0n) is 17.6. The number of imidazole rings is 1. The normalized spacial score (nSPS) is 13.3. The van der Waals surface area contributed by atoms with Crippen molar-refractivity contribution in [1.82, 2.24) is 9.55 Å². The smallest absolute Gasteiger partial charge is 0.246 e. The second-order valence-corrected chi connectivity index (χ2v) is 7.98. The van der Waals surface area contributed by atoms with Crippen LogP contribution in [0, 0.1) is 6.92 Å². The fraction of sp³-hybridized carbons (Fsp3) is 0.231. The molecule has 0 bridgehead atoms. The summed E-state index contributed by atoms with van der Waals surface area (Å²) in [5.41, 5.74) is 5.27. The molecule has 0 saturated heterocycles. The van der Waals surface area contributed by atoms with E-state index >= 15 is 0 Å². The lowest BCUT2D eigenvalue weighted by molar-refractivity contribution is -0.119. The highest BCUT2D eigenvalue weighted by atomic mass is 16.5. The van der Waals surface area contributed by atoms with Crippen molar-refractivity contribution in [2.24, 2.45) is 0 Å². The highest BCUT2D eigenvalue weighted by Gasteiger charge is 2.24. The number of carbonyl (C=O) groups excluding carboxylic acids is 1. The summed E-state index contributed by atoms with van der Waals surface area (Å²) in [7, 11) is 0. The van der Waals surface area contributed by atoms with Gasteiger partial charge in [-0.05, 0) is 55.7 Å². The molecule has 0 atom stereocenters. The van der Waals surface area contributed by atoms with Crippen LogP contribution in [-0.4, -0.2) is 22.0 Å². The highest BCUT2D eigenvalue weighted by molar-refractivity contribution is 5.95. The maximum Gasteiger partial charge on any atom is 0.246 e. The van der Waals surface area contributed by atoms with Gasteiger partial charge in [0.2, 0.25) is 5.91 Å². The first-order valence-electron chi connectivity index (χ1n) is 10.7. The van der Waals surface area contributed by atoms with E-state index in [-0.39, 0.29) is 12.5 Å². The SMILES string of the molecule is Cc1ccc(OCc2nc3ccccc3n2CC(=O)N2CCCc3ccccc32)cc1. The molecule has 0 N–H and O–H groups in total. The molecule has 4 aromatic rings. The van der Waals surface area contributed by atoms with Crippen molar-refractivity contribution < 1.29 is 9.53 Å². The van der Waals surface area contributed by atoms with Crippen LogP contribution in [-0.2, 0) is 24.4 Å². The molecule has 1 aliphatic heterocycles. The van der Waals surface area contributed by atoms with Crippen molar-refractivity contribution in [1.29, 1.82) is 0 Å². The van der Waals surface area contributed by atoms with E-state index in [1.54, 1.807) is 0 Å². The van der Waals surface area contributed by atoms with Crippen LogP contribution < -0.4 is 9.64 Å². The lowest BCUT2D eigenvalue weighted by Crippen LogP contribution is -2.38. The number of ether oxygens (including phenoxy) is 1. The topological polar surface area (TPSA) is 47.4 Å². The maximum absolute atomic E-state index is 13.4. The van der Waals surface area contributed by atoms with Crippen LogP contribution in [0.5, 0.6) is 5.75 Å². The number of anilines is 1. The summed E-state index contributed by atoms with van der Waals surface area (Å²) >= 11 is 0. The quantitative estimate of drug-likeness (QED) is 0.469. The van der Waals surface area contributed by atoms with Crippen LogP contribution in [0.15, 0.2) is 72.8 Å². The van der Waals surface area contributed by atoms with Gasteiger partial charge in [-0.2, -0.15) is 0 Å². The average molecular weight is 412 g/mol. The minimum absolute atomic E-state index is 0.0758. The Morgan fingerprint density at radius 1 is 1.00 bits per heavy atom. The number of hydrogen-bond donors (Lipinski definition) is 0. The molecule has 1 amide bonds. The number of carbonyl (C=O) groups is 1. The van der Waals surface area contributed by atoms with Gasteiger partial charge >= 0.3 is 0 Å². The summed E-state index contributed by atoms with van der Waals surface area (Å²) in [6, 6.07) is 24.1. The molecule has 3 aromatic carbocycles. The molecule has 0 saturated carbocycles. The summed E-state index contributed by atoms with van der Waals surface area (Å²) in [5, 5.41) is 0. The van der Waals surface area contributed by atoms with Gasteiger partial charge in [0.25, 0.3) is 0 Å². The second kappa shape index (κ2) is 8.26. The van der Waals surface area contributed by atoms with Gasteiger partial charge in [-0.15, -0.1) is 0 Å². The first-order chi connectivity index (χ1) is 15.2. The molecule has 1 aromatic heterocycles. The largest absolute Gasteiger partial charge is 0.486 e. The second-order valence-electron chi connectivity index (χ2n) is 7.98. The van der Waals surface area contributed by atoms with Crippen LogP contribution in [0.25, 0.3) is 11.0 Å². The standard InChI is InChI=1S/C26H25N3O2/c1-19-12-14-21(15-13-19)31-18-25-27-22-9-3-5-11-24(22)29(25)17-26(30)28-16-6-8-20-7-2-4-10-23(20)28/h2-5,7,9-15H,6,8,16-18H2,1H3. The van der Waals surface area contributed by atoms with Crippen LogP contribution in [0.3, 0.4) is 0 Å². The monoisotopic (exact) mass is 411 g/mol. The Hall–Kier alpha value is -3.60. The number of amides is 1. The zero-order chi connectivity index (χ0) is 21.2. The van der Waals surface area contributed by atoms with E-state index in [1.165, 1.54) is 11.1 Å². The van der Waals surface area contributed by atoms with Gasteiger partial charge in [0.1, 0.15) is 24.7 Å². The third-order valence-electron chi connectivity index (χ3n) is 5.83. The van der Waals surface area contributed by atoms with Gasteiger partial charge in [-0.3, -0.25) is 4.79 Å². The molecule has 1 aliphatic rings. The number of aryl methyl sites for hydroxylation is 2. The van der Waals surface area contributed by atoms with Gasteiger partial charge in [-0.1, -0.05) is 48.0 Å². The molecule has 0 radical (unpaired) electrons. The number of nitrogens with zero attached hydrogens (tertiary/aromatic N) is 3. The number of para-hydroxylation sites is 3. The van der Waals surface area contributed by atoms with E-state index in [2.05, 4.69) is 6.07 Å². The molecule has 31 heavy (non-hydrogen) atoms. The molecular weight excluding hydrogens is 386 g/mol. The van der Waals surface area contributed by atoms with E-state index < -0.39 is 0 Å². The van der Waals surface area contributed by atoms with Crippen molar-refractivity contribution >= 4 is 22.6 Å². The molecule has 5 heteroatoms. The Bertz CT molecular complexity index is 1230. The summed E-state index contributed by atoms with van der Waals surface area (Å²) in [5.74, 6) is 1.62. The molecule has 156 valence electrons. The van der Waals surface area contributed by atoms with E-state index in [1.807, 2.05) is 83.1 Å². The summed E-state index contributed by atoms with van der Waals surface area (Å²) < 4.78 is 7.98. The van der Waals surface area contributed by atoms with Crippen molar-refractivity contribution in [2.45, 2.75) is 32.9 Å². The van der Waals surface area contributed by atoms with Crippen molar-refractivity contribution in [2.75, 3.05) is 11.4 Å². The third kappa shape index (κ3) is 3.91. The van der Waals surface area contributed by atoms with Crippen LogP contribution in [0.1, 0.15) is 23.4 Å². The van der Waals surface area contributed by atoms with Gasteiger partial charge in [0.05, 0.1) is 11.0 Å². The van der Waals surface area contributed by atoms with Gasteiger partial charge in [0, 0.05) is 12.2 Å². The number of fused-ring (bicyclic) bond motifs is 2. The van der Waals surface area contributed by atoms with Gasteiger partial charge < -0.3 is 14.2 Å². The van der Waals surface area contributed by atoms with Crippen molar-refractivity contribution in [3.05, 3.63) is 89.7 Å². The van der Waals surface area contributed by atoms with E-state index in [0.717, 1.165) is 47.7 Å². The zero-order valence-corrected chi connectivity index (χ0v) is 17.6. The maximum atomic E-state index is 13.4. The highest BCUT2D eigenvalue weighted by Crippen LogP contribution is 2.27. The van der Waals surface area contributed by atoms with E-state index in [0.29, 0.717) is 6.61 Å². The predicted octanol–water partition coefficient (Wildman–Crippen LogP) is 4.90. The number of rotatable bonds is 5. The number of aromatic nitrogens is 2.